The van der Waals surface area contributed by atoms with Crippen LogP contribution in [0.5, 0.6) is 11.5 Å². The molecule has 25 heavy (non-hydrogen) atoms. The van der Waals surface area contributed by atoms with Gasteiger partial charge in [0.15, 0.2) is 0 Å². The predicted molar refractivity (Wildman–Crippen MR) is 100 cm³/mol. The van der Waals surface area contributed by atoms with Gasteiger partial charge in [0.25, 0.3) is 0 Å². The molecule has 0 saturated carbocycles. The van der Waals surface area contributed by atoms with Crippen molar-refractivity contribution < 1.29 is 9.47 Å². The quantitative estimate of drug-likeness (QED) is 0.674. The van der Waals surface area contributed by atoms with Crippen LogP contribution in [0.15, 0.2) is 54.9 Å². The van der Waals surface area contributed by atoms with Gasteiger partial charge in [0, 0.05) is 30.4 Å². The molecule has 0 spiro atoms. The van der Waals surface area contributed by atoms with E-state index in [0.29, 0.717) is 6.61 Å². The highest BCUT2D eigenvalue weighted by Crippen LogP contribution is 2.29. The van der Waals surface area contributed by atoms with Crippen LogP contribution in [-0.4, -0.2) is 22.7 Å². The van der Waals surface area contributed by atoms with Gasteiger partial charge in [0.05, 0.1) is 12.7 Å². The van der Waals surface area contributed by atoms with Crippen molar-refractivity contribution in [3.05, 3.63) is 66.0 Å². The number of aryl methyl sites for hydroxylation is 1. The summed E-state index contributed by atoms with van der Waals surface area (Å²) < 4.78 is 11.9. The van der Waals surface area contributed by atoms with Crippen molar-refractivity contribution in [3.63, 3.8) is 0 Å². The summed E-state index contributed by atoms with van der Waals surface area (Å²) in [5.74, 6) is 2.38. The molecule has 0 fully saturated rings. The number of nitrogens with one attached hydrogen (secondary N) is 1. The summed E-state index contributed by atoms with van der Waals surface area (Å²) in [5, 5.41) is 0. The summed E-state index contributed by atoms with van der Waals surface area (Å²) in [6.45, 7) is 6.77. The van der Waals surface area contributed by atoms with Crippen molar-refractivity contribution in [2.24, 2.45) is 0 Å². The minimum atomic E-state index is 0.103. The van der Waals surface area contributed by atoms with Gasteiger partial charge in [0.2, 0.25) is 0 Å². The topological polar surface area (TPSA) is 47.1 Å². The molecule has 0 bridgehead atoms. The van der Waals surface area contributed by atoms with Crippen LogP contribution in [0.25, 0.3) is 11.4 Å². The largest absolute Gasteiger partial charge is 0.493 e. The van der Waals surface area contributed by atoms with Crippen molar-refractivity contribution >= 4 is 0 Å². The first-order chi connectivity index (χ1) is 12.1. The van der Waals surface area contributed by atoms with E-state index in [-0.39, 0.29) is 6.10 Å². The molecule has 2 aromatic carbocycles. The zero-order chi connectivity index (χ0) is 17.6. The minimum Gasteiger partial charge on any atom is -0.493 e. The number of hydrogen-bond acceptors (Lipinski definition) is 3. The number of benzene rings is 2. The molecule has 4 nitrogen and oxygen atoms in total. The fourth-order valence-electron chi connectivity index (χ4n) is 2.72. The van der Waals surface area contributed by atoms with Crippen LogP contribution in [0.3, 0.4) is 0 Å². The molecule has 0 aliphatic carbocycles. The van der Waals surface area contributed by atoms with E-state index in [1.807, 2.05) is 38.2 Å². The maximum absolute atomic E-state index is 6.00. The molecular weight excluding hydrogens is 312 g/mol. The fraction of sp³-hybridized carbons (Fsp3) is 0.286. The van der Waals surface area contributed by atoms with Gasteiger partial charge in [-0.15, -0.1) is 0 Å². The number of ether oxygens (including phenoxy) is 2. The Labute approximate surface area is 148 Å². The van der Waals surface area contributed by atoms with Crippen molar-refractivity contribution in [3.8, 4) is 22.9 Å². The van der Waals surface area contributed by atoms with Crippen LogP contribution in [0.2, 0.25) is 0 Å². The standard InChI is InChI=1S/C21H24N2O2/c1-15(2)25-20-13-18(21-22-9-10-23-21)12-19(14-20)24-11-8-17-7-5-4-6-16(17)3/h4-7,9-10,12-15H,8,11H2,1-3H3,(H,22,23). The van der Waals surface area contributed by atoms with E-state index < -0.39 is 0 Å². The highest BCUT2D eigenvalue weighted by Gasteiger charge is 2.08. The molecule has 0 unspecified atom stereocenters. The molecule has 0 atom stereocenters. The Bertz CT molecular complexity index is 811. The van der Waals surface area contributed by atoms with E-state index in [2.05, 4.69) is 41.2 Å². The van der Waals surface area contributed by atoms with Crippen LogP contribution < -0.4 is 9.47 Å². The minimum absolute atomic E-state index is 0.103. The highest BCUT2D eigenvalue weighted by molar-refractivity contribution is 5.60. The number of H-pyrrole nitrogens is 1. The van der Waals surface area contributed by atoms with Crippen molar-refractivity contribution in [1.82, 2.24) is 9.97 Å². The van der Waals surface area contributed by atoms with Crippen LogP contribution in [0.1, 0.15) is 25.0 Å². The summed E-state index contributed by atoms with van der Waals surface area (Å²) >= 11 is 0. The molecule has 1 N–H and O–H groups in total. The normalized spacial score (nSPS) is 10.9. The summed E-state index contributed by atoms with van der Waals surface area (Å²) in [6.07, 6.45) is 4.53. The molecule has 3 aromatic rings. The number of nitrogens with zero attached hydrogens (tertiary/aromatic N) is 1. The number of hydrogen-bond donors (Lipinski definition) is 1. The van der Waals surface area contributed by atoms with Gasteiger partial charge in [0.1, 0.15) is 17.3 Å². The van der Waals surface area contributed by atoms with Crippen molar-refractivity contribution in [2.75, 3.05) is 6.61 Å². The van der Waals surface area contributed by atoms with E-state index >= 15 is 0 Å². The monoisotopic (exact) mass is 336 g/mol. The Morgan fingerprint density at radius 3 is 2.60 bits per heavy atom. The Morgan fingerprint density at radius 2 is 1.88 bits per heavy atom. The first kappa shape index (κ1) is 17.1. The van der Waals surface area contributed by atoms with Gasteiger partial charge in [-0.1, -0.05) is 24.3 Å². The van der Waals surface area contributed by atoms with Crippen LogP contribution >= 0.6 is 0 Å². The fourth-order valence-corrected chi connectivity index (χ4v) is 2.72. The van der Waals surface area contributed by atoms with Gasteiger partial charge in [-0.3, -0.25) is 0 Å². The average Bonchev–Trinajstić information content (AvgIpc) is 3.10. The highest BCUT2D eigenvalue weighted by atomic mass is 16.5. The van der Waals surface area contributed by atoms with Gasteiger partial charge in [-0.2, -0.15) is 0 Å². The molecule has 0 radical (unpaired) electrons. The Morgan fingerprint density at radius 1 is 1.08 bits per heavy atom. The second-order valence-electron chi connectivity index (χ2n) is 6.32. The molecule has 4 heteroatoms. The lowest BCUT2D eigenvalue weighted by atomic mass is 10.1. The van der Waals surface area contributed by atoms with Crippen molar-refractivity contribution in [1.29, 1.82) is 0 Å². The number of aromatic nitrogens is 2. The Balaban J connectivity index is 1.75. The zero-order valence-corrected chi connectivity index (χ0v) is 15.0. The number of aromatic amines is 1. The summed E-state index contributed by atoms with van der Waals surface area (Å²) in [7, 11) is 0. The lowest BCUT2D eigenvalue weighted by molar-refractivity contribution is 0.240. The van der Waals surface area contributed by atoms with E-state index in [1.165, 1.54) is 11.1 Å². The first-order valence-electron chi connectivity index (χ1n) is 8.60. The first-order valence-corrected chi connectivity index (χ1v) is 8.60. The van der Waals surface area contributed by atoms with Crippen LogP contribution in [0, 0.1) is 6.92 Å². The number of rotatable bonds is 7. The Hall–Kier alpha value is -2.75. The molecule has 3 rings (SSSR count). The predicted octanol–water partition coefficient (Wildman–Crippen LogP) is 4.79. The zero-order valence-electron chi connectivity index (χ0n) is 15.0. The smallest absolute Gasteiger partial charge is 0.137 e. The third-order valence-electron chi connectivity index (χ3n) is 3.92. The van der Waals surface area contributed by atoms with Gasteiger partial charge in [-0.25, -0.2) is 4.98 Å². The lowest BCUT2D eigenvalue weighted by Gasteiger charge is -2.14. The molecular formula is C21H24N2O2. The maximum Gasteiger partial charge on any atom is 0.137 e. The van der Waals surface area contributed by atoms with E-state index in [1.54, 1.807) is 6.20 Å². The Kier molecular flexibility index (Phi) is 5.39. The average molecular weight is 336 g/mol. The molecule has 0 saturated heterocycles. The van der Waals surface area contributed by atoms with E-state index in [9.17, 15) is 0 Å². The lowest BCUT2D eigenvalue weighted by Crippen LogP contribution is -2.07. The number of imidazole rings is 1. The second kappa shape index (κ2) is 7.88. The molecule has 0 amide bonds. The summed E-state index contributed by atoms with van der Waals surface area (Å²) in [5.41, 5.74) is 3.55. The van der Waals surface area contributed by atoms with Gasteiger partial charge >= 0.3 is 0 Å². The summed E-state index contributed by atoms with van der Waals surface area (Å²) in [6, 6.07) is 14.3. The molecule has 130 valence electrons. The van der Waals surface area contributed by atoms with E-state index in [4.69, 9.17) is 9.47 Å². The molecule has 0 aliphatic heterocycles. The third-order valence-corrected chi connectivity index (χ3v) is 3.92. The molecule has 0 aliphatic rings. The van der Waals surface area contributed by atoms with Crippen LogP contribution in [-0.2, 0) is 6.42 Å². The van der Waals surface area contributed by atoms with Crippen LogP contribution in [0.4, 0.5) is 0 Å². The van der Waals surface area contributed by atoms with E-state index in [0.717, 1.165) is 29.3 Å². The van der Waals surface area contributed by atoms with Gasteiger partial charge < -0.3 is 14.5 Å². The maximum atomic E-state index is 6.00. The molecule has 1 heterocycles. The third kappa shape index (κ3) is 4.63. The van der Waals surface area contributed by atoms with Crippen molar-refractivity contribution in [2.45, 2.75) is 33.3 Å². The SMILES string of the molecule is Cc1ccccc1CCOc1cc(OC(C)C)cc(-c2ncc[nH]2)c1. The van der Waals surface area contributed by atoms with Gasteiger partial charge in [-0.05, 0) is 44.0 Å². The second-order valence-corrected chi connectivity index (χ2v) is 6.32. The summed E-state index contributed by atoms with van der Waals surface area (Å²) in [4.78, 5) is 7.45. The molecule has 1 aromatic heterocycles.